The SMILES string of the molecule is Cc1cc(CSc2nnc(CN)n2C)n(C)n1. The predicted molar refractivity (Wildman–Crippen MR) is 66.4 cm³/mol. The van der Waals surface area contributed by atoms with E-state index in [9.17, 15) is 0 Å². The average molecular weight is 252 g/mol. The van der Waals surface area contributed by atoms with Crippen LogP contribution in [0, 0.1) is 6.92 Å². The van der Waals surface area contributed by atoms with Gasteiger partial charge in [0.1, 0.15) is 5.82 Å². The van der Waals surface area contributed by atoms with Crippen molar-refractivity contribution in [2.45, 2.75) is 24.4 Å². The third kappa shape index (κ3) is 2.50. The molecule has 0 aliphatic heterocycles. The molecule has 0 bridgehead atoms. The van der Waals surface area contributed by atoms with E-state index in [0.29, 0.717) is 6.54 Å². The first-order valence-corrected chi connectivity index (χ1v) is 6.31. The van der Waals surface area contributed by atoms with Gasteiger partial charge in [-0.25, -0.2) is 0 Å². The maximum absolute atomic E-state index is 5.55. The Morgan fingerprint density at radius 2 is 2.12 bits per heavy atom. The molecule has 0 fully saturated rings. The molecule has 2 aromatic rings. The molecule has 0 saturated carbocycles. The maximum atomic E-state index is 5.55. The lowest BCUT2D eigenvalue weighted by Crippen LogP contribution is -2.05. The first kappa shape index (κ1) is 12.1. The molecule has 0 aliphatic rings. The summed E-state index contributed by atoms with van der Waals surface area (Å²) in [4.78, 5) is 0. The van der Waals surface area contributed by atoms with Gasteiger partial charge in [0.05, 0.1) is 12.2 Å². The van der Waals surface area contributed by atoms with E-state index in [-0.39, 0.29) is 0 Å². The predicted octanol–water partition coefficient (Wildman–Crippen LogP) is 0.608. The van der Waals surface area contributed by atoms with Crippen LogP contribution < -0.4 is 5.73 Å². The second kappa shape index (κ2) is 4.89. The number of nitrogens with zero attached hydrogens (tertiary/aromatic N) is 5. The summed E-state index contributed by atoms with van der Waals surface area (Å²) in [6.45, 7) is 2.40. The van der Waals surface area contributed by atoms with Gasteiger partial charge < -0.3 is 10.3 Å². The van der Waals surface area contributed by atoms with Crippen molar-refractivity contribution in [3.8, 4) is 0 Å². The van der Waals surface area contributed by atoms with Gasteiger partial charge in [0.15, 0.2) is 5.16 Å². The summed E-state index contributed by atoms with van der Waals surface area (Å²) in [6, 6.07) is 2.08. The van der Waals surface area contributed by atoms with Crippen molar-refractivity contribution in [2.75, 3.05) is 0 Å². The van der Waals surface area contributed by atoms with Crippen molar-refractivity contribution >= 4 is 11.8 Å². The van der Waals surface area contributed by atoms with Crippen molar-refractivity contribution in [1.29, 1.82) is 0 Å². The highest BCUT2D eigenvalue weighted by atomic mass is 32.2. The van der Waals surface area contributed by atoms with Crippen LogP contribution in [0.25, 0.3) is 0 Å². The molecule has 0 amide bonds. The largest absolute Gasteiger partial charge is 0.324 e. The Hall–Kier alpha value is -1.34. The van der Waals surface area contributed by atoms with Crippen molar-refractivity contribution in [2.24, 2.45) is 19.8 Å². The molecule has 2 aromatic heterocycles. The molecule has 6 nitrogen and oxygen atoms in total. The number of thioether (sulfide) groups is 1. The number of rotatable bonds is 4. The van der Waals surface area contributed by atoms with Crippen LogP contribution in [-0.4, -0.2) is 24.5 Å². The van der Waals surface area contributed by atoms with Gasteiger partial charge in [-0.05, 0) is 13.0 Å². The number of hydrogen-bond acceptors (Lipinski definition) is 5. The van der Waals surface area contributed by atoms with Gasteiger partial charge >= 0.3 is 0 Å². The van der Waals surface area contributed by atoms with Crippen LogP contribution in [0.4, 0.5) is 0 Å². The normalized spacial score (nSPS) is 11.1. The number of nitrogens with two attached hydrogens (primary N) is 1. The van der Waals surface area contributed by atoms with Gasteiger partial charge in [-0.3, -0.25) is 4.68 Å². The zero-order valence-corrected chi connectivity index (χ0v) is 11.0. The van der Waals surface area contributed by atoms with Gasteiger partial charge in [0.25, 0.3) is 0 Å². The maximum Gasteiger partial charge on any atom is 0.191 e. The summed E-state index contributed by atoms with van der Waals surface area (Å²) in [5.41, 5.74) is 7.75. The van der Waals surface area contributed by atoms with E-state index in [2.05, 4.69) is 21.4 Å². The van der Waals surface area contributed by atoms with Gasteiger partial charge in [-0.1, -0.05) is 11.8 Å². The highest BCUT2D eigenvalue weighted by Crippen LogP contribution is 2.20. The fourth-order valence-corrected chi connectivity index (χ4v) is 2.53. The zero-order valence-electron chi connectivity index (χ0n) is 10.2. The first-order valence-electron chi connectivity index (χ1n) is 5.32. The lowest BCUT2D eigenvalue weighted by atomic mass is 10.4. The van der Waals surface area contributed by atoms with Gasteiger partial charge in [-0.2, -0.15) is 5.10 Å². The Balaban J connectivity index is 2.07. The molecule has 0 saturated heterocycles. The summed E-state index contributed by atoms with van der Waals surface area (Å²) in [7, 11) is 3.88. The van der Waals surface area contributed by atoms with E-state index in [1.54, 1.807) is 11.8 Å². The molecule has 0 aromatic carbocycles. The molecule has 0 spiro atoms. The quantitative estimate of drug-likeness (QED) is 0.807. The second-order valence-corrected chi connectivity index (χ2v) is 4.79. The summed E-state index contributed by atoms with van der Waals surface area (Å²) in [5, 5.41) is 13.3. The van der Waals surface area contributed by atoms with Crippen molar-refractivity contribution < 1.29 is 0 Å². The molecule has 2 N–H and O–H groups in total. The van der Waals surface area contributed by atoms with Crippen LogP contribution >= 0.6 is 11.8 Å². The van der Waals surface area contributed by atoms with Crippen LogP contribution in [0.3, 0.4) is 0 Å². The molecule has 92 valence electrons. The smallest absolute Gasteiger partial charge is 0.191 e. The third-order valence-corrected chi connectivity index (χ3v) is 3.61. The lowest BCUT2D eigenvalue weighted by Gasteiger charge is -2.02. The Labute approximate surface area is 104 Å². The molecule has 0 aliphatic carbocycles. The lowest BCUT2D eigenvalue weighted by molar-refractivity contribution is 0.721. The van der Waals surface area contributed by atoms with Crippen molar-refractivity contribution in [1.82, 2.24) is 24.5 Å². The number of aryl methyl sites for hydroxylation is 2. The minimum atomic E-state index is 0.412. The summed E-state index contributed by atoms with van der Waals surface area (Å²) < 4.78 is 3.82. The monoisotopic (exact) mass is 252 g/mol. The molecule has 0 atom stereocenters. The van der Waals surface area contributed by atoms with Crippen LogP contribution in [0.15, 0.2) is 11.2 Å². The molecule has 0 unspecified atom stereocenters. The third-order valence-electron chi connectivity index (χ3n) is 2.56. The highest BCUT2D eigenvalue weighted by Gasteiger charge is 2.09. The minimum Gasteiger partial charge on any atom is -0.324 e. The standard InChI is InChI=1S/C10H16N6S/c1-7-4-8(16(3)14-7)6-17-10-13-12-9(5-11)15(10)2/h4H,5-6,11H2,1-3H3. The van der Waals surface area contributed by atoms with E-state index in [0.717, 1.165) is 22.4 Å². The molecular weight excluding hydrogens is 236 g/mol. The van der Waals surface area contributed by atoms with E-state index >= 15 is 0 Å². The first-order chi connectivity index (χ1) is 8.11. The Bertz CT molecular complexity index is 515. The van der Waals surface area contributed by atoms with E-state index in [4.69, 9.17) is 5.73 Å². The summed E-state index contributed by atoms with van der Waals surface area (Å²) in [5.74, 6) is 1.63. The van der Waals surface area contributed by atoms with Crippen LogP contribution in [0.2, 0.25) is 0 Å². The van der Waals surface area contributed by atoms with Crippen LogP contribution in [0.5, 0.6) is 0 Å². The van der Waals surface area contributed by atoms with E-state index < -0.39 is 0 Å². The van der Waals surface area contributed by atoms with Gasteiger partial charge in [-0.15, -0.1) is 10.2 Å². The molecule has 2 rings (SSSR count). The van der Waals surface area contributed by atoms with Crippen LogP contribution in [0.1, 0.15) is 17.2 Å². The summed E-state index contributed by atoms with van der Waals surface area (Å²) >= 11 is 1.64. The molecular formula is C10H16N6S. The molecule has 0 radical (unpaired) electrons. The number of aromatic nitrogens is 5. The van der Waals surface area contributed by atoms with Crippen LogP contribution in [-0.2, 0) is 26.4 Å². The van der Waals surface area contributed by atoms with Gasteiger partial charge in [0.2, 0.25) is 0 Å². The Kier molecular flexibility index (Phi) is 3.49. The van der Waals surface area contributed by atoms with Crippen molar-refractivity contribution in [3.05, 3.63) is 23.3 Å². The number of hydrogen-bond donors (Lipinski definition) is 1. The highest BCUT2D eigenvalue weighted by molar-refractivity contribution is 7.98. The zero-order chi connectivity index (χ0) is 12.4. The molecule has 7 heteroatoms. The topological polar surface area (TPSA) is 74.5 Å². The fraction of sp³-hybridized carbons (Fsp3) is 0.500. The Morgan fingerprint density at radius 3 is 2.65 bits per heavy atom. The van der Waals surface area contributed by atoms with Crippen molar-refractivity contribution in [3.63, 3.8) is 0 Å². The fourth-order valence-electron chi connectivity index (χ4n) is 1.59. The summed E-state index contributed by atoms with van der Waals surface area (Å²) in [6.07, 6.45) is 0. The van der Waals surface area contributed by atoms with E-state index in [1.807, 2.05) is 30.3 Å². The molecule has 17 heavy (non-hydrogen) atoms. The average Bonchev–Trinajstić information content (AvgIpc) is 2.79. The van der Waals surface area contributed by atoms with Gasteiger partial charge in [0, 0.05) is 25.5 Å². The van der Waals surface area contributed by atoms with E-state index in [1.165, 1.54) is 5.69 Å². The Morgan fingerprint density at radius 1 is 1.35 bits per heavy atom. The second-order valence-electron chi connectivity index (χ2n) is 3.85. The minimum absolute atomic E-state index is 0.412. The molecule has 2 heterocycles.